The maximum Gasteiger partial charge on any atom is 0.0995 e. The van der Waals surface area contributed by atoms with Crippen molar-refractivity contribution >= 4 is 5.52 Å². The minimum Gasteiger partial charge on any atom is -0.306 e. The van der Waals surface area contributed by atoms with Crippen LogP contribution in [-0.2, 0) is 0 Å². The van der Waals surface area contributed by atoms with Gasteiger partial charge in [-0.1, -0.05) is 13.8 Å². The molecule has 2 heterocycles. The van der Waals surface area contributed by atoms with Crippen molar-refractivity contribution in [3.8, 4) is 0 Å². The van der Waals surface area contributed by atoms with Crippen molar-refractivity contribution in [1.29, 1.82) is 0 Å². The van der Waals surface area contributed by atoms with Crippen molar-refractivity contribution in [2.45, 2.75) is 33.1 Å². The number of rotatable bonds is 2. The zero-order valence-electron chi connectivity index (χ0n) is 8.99. The molecule has 2 rings (SSSR count). The summed E-state index contributed by atoms with van der Waals surface area (Å²) < 4.78 is 2.07. The molecule has 0 saturated carbocycles. The summed E-state index contributed by atoms with van der Waals surface area (Å²) in [6.45, 7) is 6.53. The summed E-state index contributed by atoms with van der Waals surface area (Å²) in [6, 6.07) is 4.43. The second kappa shape index (κ2) is 3.45. The third kappa shape index (κ3) is 1.41. The average molecular weight is 188 g/mol. The standard InChI is InChI=1S/C12H16N2/c1-4-9(2)11-5-6-14-8-13-10(3)12(14)7-11/h5-9H,4H2,1-3H3. The van der Waals surface area contributed by atoms with Gasteiger partial charge >= 0.3 is 0 Å². The van der Waals surface area contributed by atoms with Crippen molar-refractivity contribution in [1.82, 2.24) is 9.38 Å². The predicted octanol–water partition coefficient (Wildman–Crippen LogP) is 3.16. The number of nitrogens with zero attached hydrogens (tertiary/aromatic N) is 2. The summed E-state index contributed by atoms with van der Waals surface area (Å²) in [6.07, 6.45) is 5.14. The Morgan fingerprint density at radius 1 is 1.50 bits per heavy atom. The zero-order chi connectivity index (χ0) is 10.1. The monoisotopic (exact) mass is 188 g/mol. The third-order valence-electron chi connectivity index (χ3n) is 2.94. The molecule has 2 aromatic heterocycles. The minimum absolute atomic E-state index is 0.634. The van der Waals surface area contributed by atoms with Crippen LogP contribution in [0.3, 0.4) is 0 Å². The van der Waals surface area contributed by atoms with E-state index in [0.29, 0.717) is 5.92 Å². The Labute approximate surface area is 84.6 Å². The van der Waals surface area contributed by atoms with Gasteiger partial charge in [0, 0.05) is 6.20 Å². The van der Waals surface area contributed by atoms with Gasteiger partial charge in [-0.2, -0.15) is 0 Å². The van der Waals surface area contributed by atoms with Gasteiger partial charge in [0.15, 0.2) is 0 Å². The Balaban J connectivity index is 2.54. The molecule has 2 nitrogen and oxygen atoms in total. The molecule has 0 saturated heterocycles. The first kappa shape index (κ1) is 9.25. The van der Waals surface area contributed by atoms with E-state index in [9.17, 15) is 0 Å². The number of imidazole rings is 1. The second-order valence-electron chi connectivity index (χ2n) is 3.89. The van der Waals surface area contributed by atoms with Gasteiger partial charge in [0.05, 0.1) is 17.5 Å². The van der Waals surface area contributed by atoms with E-state index in [1.165, 1.54) is 17.5 Å². The minimum atomic E-state index is 0.634. The molecule has 2 heteroatoms. The van der Waals surface area contributed by atoms with Crippen LogP contribution in [0.25, 0.3) is 5.52 Å². The Hall–Kier alpha value is -1.31. The molecule has 0 spiro atoms. The van der Waals surface area contributed by atoms with Gasteiger partial charge in [0.2, 0.25) is 0 Å². The molecule has 0 N–H and O–H groups in total. The predicted molar refractivity (Wildman–Crippen MR) is 58.6 cm³/mol. The summed E-state index contributed by atoms with van der Waals surface area (Å²) in [5.74, 6) is 0.634. The fraction of sp³-hybridized carbons (Fsp3) is 0.417. The van der Waals surface area contributed by atoms with Gasteiger partial charge in [0.25, 0.3) is 0 Å². The van der Waals surface area contributed by atoms with Crippen LogP contribution in [0.4, 0.5) is 0 Å². The molecule has 0 bridgehead atoms. The summed E-state index contributed by atoms with van der Waals surface area (Å²) in [5.41, 5.74) is 3.74. The van der Waals surface area contributed by atoms with Crippen LogP contribution in [0.5, 0.6) is 0 Å². The lowest BCUT2D eigenvalue weighted by atomic mass is 9.99. The van der Waals surface area contributed by atoms with E-state index >= 15 is 0 Å². The van der Waals surface area contributed by atoms with Crippen LogP contribution in [0.15, 0.2) is 24.7 Å². The van der Waals surface area contributed by atoms with E-state index in [2.05, 4.69) is 48.5 Å². The van der Waals surface area contributed by atoms with Crippen LogP contribution in [-0.4, -0.2) is 9.38 Å². The second-order valence-corrected chi connectivity index (χ2v) is 3.89. The zero-order valence-corrected chi connectivity index (χ0v) is 8.99. The first-order chi connectivity index (χ1) is 6.72. The topological polar surface area (TPSA) is 17.3 Å². The summed E-state index contributed by atoms with van der Waals surface area (Å²) in [7, 11) is 0. The van der Waals surface area contributed by atoms with Gasteiger partial charge in [-0.15, -0.1) is 0 Å². The smallest absolute Gasteiger partial charge is 0.0995 e. The van der Waals surface area contributed by atoms with Crippen LogP contribution >= 0.6 is 0 Å². The Morgan fingerprint density at radius 2 is 2.29 bits per heavy atom. The van der Waals surface area contributed by atoms with Gasteiger partial charge in [-0.3, -0.25) is 0 Å². The molecule has 0 aromatic carbocycles. The SMILES string of the molecule is CCC(C)c1ccn2cnc(C)c2c1. The van der Waals surface area contributed by atoms with E-state index in [1.807, 2.05) is 6.33 Å². The number of fused-ring (bicyclic) bond motifs is 1. The summed E-state index contributed by atoms with van der Waals surface area (Å²) >= 11 is 0. The Morgan fingerprint density at radius 3 is 3.00 bits per heavy atom. The molecule has 1 unspecified atom stereocenters. The average Bonchev–Trinajstić information content (AvgIpc) is 2.59. The van der Waals surface area contributed by atoms with Crippen molar-refractivity contribution in [3.05, 3.63) is 35.9 Å². The number of hydrogen-bond donors (Lipinski definition) is 0. The fourth-order valence-electron chi connectivity index (χ4n) is 1.68. The van der Waals surface area contributed by atoms with Crippen molar-refractivity contribution in [2.75, 3.05) is 0 Å². The molecule has 0 fully saturated rings. The van der Waals surface area contributed by atoms with Crippen LogP contribution in [0.2, 0.25) is 0 Å². The van der Waals surface area contributed by atoms with Crippen molar-refractivity contribution < 1.29 is 0 Å². The molecule has 0 aliphatic heterocycles. The van der Waals surface area contributed by atoms with Crippen molar-refractivity contribution in [3.63, 3.8) is 0 Å². The lowest BCUT2D eigenvalue weighted by Crippen LogP contribution is -1.93. The maximum atomic E-state index is 4.28. The molecule has 0 aliphatic carbocycles. The first-order valence-corrected chi connectivity index (χ1v) is 5.15. The maximum absolute atomic E-state index is 4.28. The van der Waals surface area contributed by atoms with Gasteiger partial charge in [-0.05, 0) is 37.0 Å². The lowest BCUT2D eigenvalue weighted by molar-refractivity contribution is 0.732. The van der Waals surface area contributed by atoms with Gasteiger partial charge in [-0.25, -0.2) is 4.98 Å². The highest BCUT2D eigenvalue weighted by atomic mass is 15.0. The molecule has 1 atom stereocenters. The summed E-state index contributed by atoms with van der Waals surface area (Å²) in [5, 5.41) is 0. The van der Waals surface area contributed by atoms with Crippen LogP contribution < -0.4 is 0 Å². The third-order valence-corrected chi connectivity index (χ3v) is 2.94. The Kier molecular flexibility index (Phi) is 2.28. The van der Waals surface area contributed by atoms with Crippen LogP contribution in [0, 0.1) is 6.92 Å². The molecule has 2 aromatic rings. The molecular weight excluding hydrogens is 172 g/mol. The highest BCUT2D eigenvalue weighted by Crippen LogP contribution is 2.20. The molecule has 0 radical (unpaired) electrons. The van der Waals surface area contributed by atoms with Crippen molar-refractivity contribution in [2.24, 2.45) is 0 Å². The van der Waals surface area contributed by atoms with Gasteiger partial charge in [0.1, 0.15) is 0 Å². The van der Waals surface area contributed by atoms with E-state index in [4.69, 9.17) is 0 Å². The highest BCUT2D eigenvalue weighted by molar-refractivity contribution is 5.53. The number of pyridine rings is 1. The van der Waals surface area contributed by atoms with E-state index in [1.54, 1.807) is 0 Å². The van der Waals surface area contributed by atoms with Crippen LogP contribution in [0.1, 0.15) is 37.4 Å². The molecule has 14 heavy (non-hydrogen) atoms. The Bertz CT molecular complexity index is 443. The largest absolute Gasteiger partial charge is 0.306 e. The molecule has 74 valence electrons. The van der Waals surface area contributed by atoms with Gasteiger partial charge < -0.3 is 4.40 Å². The molecule has 0 aliphatic rings. The normalized spacial score (nSPS) is 13.4. The number of hydrogen-bond acceptors (Lipinski definition) is 1. The van der Waals surface area contributed by atoms with E-state index < -0.39 is 0 Å². The fourth-order valence-corrected chi connectivity index (χ4v) is 1.68. The number of aromatic nitrogens is 2. The van der Waals surface area contributed by atoms with E-state index in [-0.39, 0.29) is 0 Å². The molecule has 0 amide bonds. The lowest BCUT2D eigenvalue weighted by Gasteiger charge is -2.09. The number of aryl methyl sites for hydroxylation is 1. The highest BCUT2D eigenvalue weighted by Gasteiger charge is 2.05. The molecular formula is C12H16N2. The quantitative estimate of drug-likeness (QED) is 0.707. The van der Waals surface area contributed by atoms with E-state index in [0.717, 1.165) is 5.69 Å². The summed E-state index contributed by atoms with van der Waals surface area (Å²) in [4.78, 5) is 4.28. The first-order valence-electron chi connectivity index (χ1n) is 5.15.